The van der Waals surface area contributed by atoms with E-state index in [1.165, 1.54) is 27.7 Å². The van der Waals surface area contributed by atoms with Gasteiger partial charge in [-0.3, -0.25) is 8.42 Å². The molecule has 0 bridgehead atoms. The van der Waals surface area contributed by atoms with Gasteiger partial charge in [0.1, 0.15) is 0 Å². The molecule has 4 aromatic rings. The summed E-state index contributed by atoms with van der Waals surface area (Å²) in [4.78, 5) is 11.4. The molecule has 0 aliphatic carbocycles. The van der Waals surface area contributed by atoms with Crippen LogP contribution in [0.15, 0.2) is 60.9 Å². The van der Waals surface area contributed by atoms with E-state index in [0.717, 1.165) is 57.8 Å². The maximum atomic E-state index is 12.4. The highest BCUT2D eigenvalue weighted by Gasteiger charge is 2.31. The van der Waals surface area contributed by atoms with Gasteiger partial charge in [0.2, 0.25) is 0 Å². The van der Waals surface area contributed by atoms with Gasteiger partial charge in [0.15, 0.2) is 0 Å². The molecule has 2 aromatic heterocycles. The molecular formula is C32H47N7O2S2. The standard InChI is InChI=1S/C16H24N4OS.C16H23N3OS/c1-17-10-13-12-19(8-9-20(13)22(2,3)21)16-11-18-15-7-5-4-6-14(15)16;1-4-13-12-18(9-10-19(13)21(2,3)20)16-11-17-15-8-6-5-7-14(15)16/h4-7,11,13,17-18H,2,8-10,12H2,1,3H3;5-8,11,13,17H,2,4,9-10,12H2,1,3H3. The van der Waals surface area contributed by atoms with E-state index in [1.807, 2.05) is 19.2 Å². The molecule has 4 heterocycles. The molecule has 234 valence electrons. The largest absolute Gasteiger partial charge is 0.367 e. The van der Waals surface area contributed by atoms with Gasteiger partial charge in [-0.15, -0.1) is 0 Å². The number of aromatic amines is 2. The molecule has 2 aliphatic heterocycles. The first kappa shape index (κ1) is 31.5. The Hall–Kier alpha value is -2.96. The molecule has 0 amide bonds. The van der Waals surface area contributed by atoms with Crippen molar-refractivity contribution in [2.45, 2.75) is 25.4 Å². The Morgan fingerprint density at radius 1 is 0.767 bits per heavy atom. The number of nitrogens with one attached hydrogen (secondary N) is 3. The lowest BCUT2D eigenvalue weighted by molar-refractivity contribution is 0.297. The van der Waals surface area contributed by atoms with Crippen LogP contribution in [0.25, 0.3) is 21.8 Å². The summed E-state index contributed by atoms with van der Waals surface area (Å²) in [6.45, 7) is 8.03. The first-order chi connectivity index (χ1) is 20.5. The summed E-state index contributed by atoms with van der Waals surface area (Å²) in [5.41, 5.74) is 4.79. The monoisotopic (exact) mass is 625 g/mol. The number of para-hydroxylation sites is 2. The van der Waals surface area contributed by atoms with Crippen molar-refractivity contribution in [3.63, 3.8) is 0 Å². The van der Waals surface area contributed by atoms with E-state index in [1.54, 1.807) is 12.5 Å². The summed E-state index contributed by atoms with van der Waals surface area (Å²) in [6.07, 6.45) is 8.62. The second-order valence-corrected chi connectivity index (χ2v) is 16.6. The van der Waals surface area contributed by atoms with Crippen LogP contribution in [0.2, 0.25) is 0 Å². The maximum absolute atomic E-state index is 12.4. The first-order valence-electron chi connectivity index (χ1n) is 15.0. The van der Waals surface area contributed by atoms with Crippen molar-refractivity contribution < 1.29 is 8.42 Å². The minimum absolute atomic E-state index is 0.197. The van der Waals surface area contributed by atoms with Gasteiger partial charge >= 0.3 is 0 Å². The van der Waals surface area contributed by atoms with Crippen molar-refractivity contribution in [1.29, 1.82) is 0 Å². The van der Waals surface area contributed by atoms with Gasteiger partial charge in [0.05, 0.1) is 17.4 Å². The summed E-state index contributed by atoms with van der Waals surface area (Å²) < 4.78 is 28.8. The number of rotatable bonds is 7. The molecule has 2 aliphatic rings. The Labute approximate surface area is 257 Å². The maximum Gasteiger partial charge on any atom is 0.0624 e. The number of hydrogen-bond donors (Lipinski definition) is 3. The van der Waals surface area contributed by atoms with E-state index in [0.29, 0.717) is 6.04 Å². The summed E-state index contributed by atoms with van der Waals surface area (Å²) in [7, 11) is -2.36. The Kier molecular flexibility index (Phi) is 9.48. The quantitative estimate of drug-likeness (QED) is 0.274. The van der Waals surface area contributed by atoms with E-state index < -0.39 is 19.4 Å². The number of anilines is 2. The van der Waals surface area contributed by atoms with Crippen LogP contribution in [-0.4, -0.2) is 116 Å². The summed E-state index contributed by atoms with van der Waals surface area (Å²) in [5, 5.41) is 5.71. The van der Waals surface area contributed by atoms with E-state index in [2.05, 4.69) is 101 Å². The van der Waals surface area contributed by atoms with Crippen molar-refractivity contribution in [3.05, 3.63) is 60.9 Å². The number of aromatic nitrogens is 2. The lowest BCUT2D eigenvalue weighted by Gasteiger charge is -2.42. The Morgan fingerprint density at radius 2 is 1.21 bits per heavy atom. The van der Waals surface area contributed by atoms with Crippen molar-refractivity contribution >= 4 is 64.3 Å². The molecule has 3 N–H and O–H groups in total. The second-order valence-electron chi connectivity index (χ2n) is 11.8. The number of hydrogen-bond acceptors (Lipinski definition) is 5. The third kappa shape index (κ3) is 6.91. The Balaban J connectivity index is 0.000000171. The smallest absolute Gasteiger partial charge is 0.0624 e. The SMILES string of the molecule is C=S(C)(=O)N1CCN(c2c[nH]c3ccccc23)CC1CC.C=S(C)(=O)N1CCN(c2c[nH]c3ccccc23)CC1CNC. The number of likely N-dealkylation sites (N-methyl/N-ethyl adjacent to an activating group) is 1. The molecule has 43 heavy (non-hydrogen) atoms. The van der Waals surface area contributed by atoms with Gasteiger partial charge in [-0.05, 0) is 37.3 Å². The average Bonchev–Trinajstić information content (AvgIpc) is 3.61. The number of benzene rings is 2. The molecule has 0 radical (unpaired) electrons. The Morgan fingerprint density at radius 3 is 1.65 bits per heavy atom. The van der Waals surface area contributed by atoms with Crippen molar-refractivity contribution in [1.82, 2.24) is 23.9 Å². The van der Waals surface area contributed by atoms with E-state index in [4.69, 9.17) is 0 Å². The minimum Gasteiger partial charge on any atom is -0.367 e. The molecule has 2 saturated heterocycles. The van der Waals surface area contributed by atoms with Gasteiger partial charge in [0, 0.05) is 118 Å². The van der Waals surface area contributed by atoms with Crippen molar-refractivity contribution in [3.8, 4) is 0 Å². The fourth-order valence-electron chi connectivity index (χ4n) is 6.50. The van der Waals surface area contributed by atoms with Gasteiger partial charge in [-0.2, -0.15) is 0 Å². The summed E-state index contributed by atoms with van der Waals surface area (Å²) >= 11 is 0. The number of nitrogens with zero attached hydrogens (tertiary/aromatic N) is 4. The van der Waals surface area contributed by atoms with Crippen LogP contribution in [-0.2, 0) is 19.4 Å². The van der Waals surface area contributed by atoms with Crippen LogP contribution < -0.4 is 15.1 Å². The molecule has 6 rings (SSSR count). The van der Waals surface area contributed by atoms with Crippen LogP contribution >= 0.6 is 0 Å². The number of fused-ring (bicyclic) bond motifs is 2. The van der Waals surface area contributed by atoms with Crippen LogP contribution in [0.5, 0.6) is 0 Å². The molecule has 9 nitrogen and oxygen atoms in total. The lowest BCUT2D eigenvalue weighted by Crippen LogP contribution is -2.57. The van der Waals surface area contributed by atoms with Crippen molar-refractivity contribution in [2.24, 2.45) is 0 Å². The fourth-order valence-corrected chi connectivity index (χ4v) is 9.06. The summed E-state index contributed by atoms with van der Waals surface area (Å²) in [5.74, 6) is 7.72. The highest BCUT2D eigenvalue weighted by molar-refractivity contribution is 7.97. The van der Waals surface area contributed by atoms with Gasteiger partial charge < -0.3 is 25.1 Å². The van der Waals surface area contributed by atoms with Crippen LogP contribution in [0.1, 0.15) is 13.3 Å². The molecule has 0 spiro atoms. The molecule has 0 saturated carbocycles. The van der Waals surface area contributed by atoms with Crippen LogP contribution in [0.3, 0.4) is 0 Å². The fraction of sp³-hybridized carbons (Fsp3) is 0.438. The number of H-pyrrole nitrogens is 2. The second kappa shape index (κ2) is 13.0. The molecule has 2 aromatic carbocycles. The Bertz CT molecular complexity index is 1750. The third-order valence-corrected chi connectivity index (χ3v) is 11.5. The normalized spacial score (nSPS) is 23.1. The van der Waals surface area contributed by atoms with Crippen molar-refractivity contribution in [2.75, 3.05) is 75.2 Å². The third-order valence-electron chi connectivity index (χ3n) is 8.58. The topological polar surface area (TPSA) is 90.7 Å². The minimum atomic E-state index is -2.17. The van der Waals surface area contributed by atoms with Gasteiger partial charge in [-0.25, -0.2) is 8.61 Å². The summed E-state index contributed by atoms with van der Waals surface area (Å²) in [6, 6.07) is 17.2. The van der Waals surface area contributed by atoms with Gasteiger partial charge in [-0.1, -0.05) is 43.3 Å². The van der Waals surface area contributed by atoms with Crippen LogP contribution in [0, 0.1) is 0 Å². The zero-order chi connectivity index (χ0) is 30.8. The molecule has 2 fully saturated rings. The first-order valence-corrected chi connectivity index (χ1v) is 19.1. The molecule has 4 unspecified atom stereocenters. The predicted octanol–water partition coefficient (Wildman–Crippen LogP) is 3.47. The van der Waals surface area contributed by atoms with E-state index in [-0.39, 0.29) is 6.04 Å². The van der Waals surface area contributed by atoms with Crippen LogP contribution in [0.4, 0.5) is 11.4 Å². The zero-order valence-electron chi connectivity index (χ0n) is 25.9. The zero-order valence-corrected chi connectivity index (χ0v) is 27.6. The highest BCUT2D eigenvalue weighted by Crippen LogP contribution is 2.30. The molecule has 4 atom stereocenters. The average molecular weight is 626 g/mol. The lowest BCUT2D eigenvalue weighted by atomic mass is 10.1. The number of piperazine rings is 2. The predicted molar refractivity (Wildman–Crippen MR) is 189 cm³/mol. The van der Waals surface area contributed by atoms with E-state index >= 15 is 0 Å². The molecule has 11 heteroatoms. The van der Waals surface area contributed by atoms with Gasteiger partial charge in [0.25, 0.3) is 0 Å². The van der Waals surface area contributed by atoms with E-state index in [9.17, 15) is 8.42 Å². The molecular weight excluding hydrogens is 579 g/mol. The highest BCUT2D eigenvalue weighted by atomic mass is 32.2.